The molecular weight excluding hydrogens is 266 g/mol. The van der Waals surface area contributed by atoms with E-state index < -0.39 is 0 Å². The van der Waals surface area contributed by atoms with Crippen LogP contribution in [-0.4, -0.2) is 18.5 Å². The van der Waals surface area contributed by atoms with Crippen LogP contribution in [0, 0.1) is 0 Å². The summed E-state index contributed by atoms with van der Waals surface area (Å²) >= 11 is 0. The van der Waals surface area contributed by atoms with Gasteiger partial charge >= 0.3 is 6.03 Å². The summed E-state index contributed by atoms with van der Waals surface area (Å²) in [5.41, 5.74) is 1.68. The molecule has 0 saturated carbocycles. The first-order valence-electron chi connectivity index (χ1n) is 6.86. The number of hydrogen-bond donors (Lipinski definition) is 3. The van der Waals surface area contributed by atoms with Crippen LogP contribution in [0.2, 0.25) is 0 Å². The predicted molar refractivity (Wildman–Crippen MR) is 84.9 cm³/mol. The first-order chi connectivity index (χ1) is 10.2. The molecule has 0 bridgehead atoms. The molecule has 3 N–H and O–H groups in total. The van der Waals surface area contributed by atoms with Crippen molar-refractivity contribution in [2.45, 2.75) is 20.4 Å². The smallest absolute Gasteiger partial charge is 0.315 e. The third-order valence-electron chi connectivity index (χ3n) is 2.56. The van der Waals surface area contributed by atoms with E-state index in [1.807, 2.05) is 32.1 Å². The molecule has 0 atom stereocenters. The van der Waals surface area contributed by atoms with Crippen LogP contribution in [0.3, 0.4) is 0 Å². The van der Waals surface area contributed by atoms with Gasteiger partial charge in [-0.25, -0.2) is 4.79 Å². The van der Waals surface area contributed by atoms with E-state index in [2.05, 4.69) is 16.0 Å². The summed E-state index contributed by atoms with van der Waals surface area (Å²) in [7, 11) is 0. The van der Waals surface area contributed by atoms with Gasteiger partial charge in [-0.3, -0.25) is 4.79 Å². The van der Waals surface area contributed by atoms with E-state index >= 15 is 0 Å². The molecule has 3 amide bonds. The maximum Gasteiger partial charge on any atom is 0.315 e. The summed E-state index contributed by atoms with van der Waals surface area (Å²) in [6, 6.07) is 7.13. The third-order valence-corrected chi connectivity index (χ3v) is 2.56. The second kappa shape index (κ2) is 9.36. The van der Waals surface area contributed by atoms with Crippen LogP contribution in [0.5, 0.6) is 0 Å². The summed E-state index contributed by atoms with van der Waals surface area (Å²) in [5, 5.41) is 8.15. The minimum absolute atomic E-state index is 0.179. The van der Waals surface area contributed by atoms with Crippen molar-refractivity contribution in [3.8, 4) is 0 Å². The molecule has 0 heterocycles. The Hall–Kier alpha value is -2.56. The monoisotopic (exact) mass is 287 g/mol. The average Bonchev–Trinajstić information content (AvgIpc) is 2.47. The summed E-state index contributed by atoms with van der Waals surface area (Å²) in [6.07, 6.45) is 6.78. The molecule has 0 unspecified atom stereocenters. The van der Waals surface area contributed by atoms with Gasteiger partial charge in [-0.2, -0.15) is 0 Å². The second-order valence-corrected chi connectivity index (χ2v) is 4.28. The molecule has 0 fully saturated rings. The molecule has 0 saturated heterocycles. The quantitative estimate of drug-likeness (QED) is 0.556. The van der Waals surface area contributed by atoms with Crippen molar-refractivity contribution in [2.24, 2.45) is 0 Å². The van der Waals surface area contributed by atoms with Gasteiger partial charge in [0.25, 0.3) is 0 Å². The Morgan fingerprint density at radius 1 is 1.10 bits per heavy atom. The van der Waals surface area contributed by atoms with E-state index in [4.69, 9.17) is 0 Å². The molecule has 0 spiro atoms. The van der Waals surface area contributed by atoms with Gasteiger partial charge in [0.2, 0.25) is 5.91 Å². The Morgan fingerprint density at radius 2 is 1.81 bits per heavy atom. The van der Waals surface area contributed by atoms with Crippen molar-refractivity contribution in [3.63, 3.8) is 0 Å². The number of hydrogen-bond acceptors (Lipinski definition) is 2. The predicted octanol–water partition coefficient (Wildman–Crippen LogP) is 2.58. The lowest BCUT2D eigenvalue weighted by Gasteiger charge is -2.07. The number of urea groups is 1. The van der Waals surface area contributed by atoms with Gasteiger partial charge in [-0.05, 0) is 31.5 Å². The molecule has 112 valence electrons. The zero-order chi connectivity index (χ0) is 15.5. The number of rotatable bonds is 6. The lowest BCUT2D eigenvalue weighted by molar-refractivity contribution is -0.111. The van der Waals surface area contributed by atoms with Crippen LogP contribution >= 0.6 is 0 Å². The fourth-order valence-corrected chi connectivity index (χ4v) is 1.55. The second-order valence-electron chi connectivity index (χ2n) is 4.28. The zero-order valence-electron chi connectivity index (χ0n) is 12.3. The first kappa shape index (κ1) is 16.5. The topological polar surface area (TPSA) is 70.2 Å². The van der Waals surface area contributed by atoms with Gasteiger partial charge in [0.15, 0.2) is 0 Å². The summed E-state index contributed by atoms with van der Waals surface area (Å²) in [4.78, 5) is 22.8. The molecule has 5 heteroatoms. The highest BCUT2D eigenvalue weighted by Crippen LogP contribution is 2.09. The highest BCUT2D eigenvalue weighted by atomic mass is 16.2. The summed E-state index contributed by atoms with van der Waals surface area (Å²) in [5.74, 6) is -0.179. The van der Waals surface area contributed by atoms with Gasteiger partial charge in [0.1, 0.15) is 0 Å². The number of carbonyl (C=O) groups is 2. The lowest BCUT2D eigenvalue weighted by Crippen LogP contribution is -2.34. The highest BCUT2D eigenvalue weighted by Gasteiger charge is 2.00. The van der Waals surface area contributed by atoms with Crippen LogP contribution < -0.4 is 16.0 Å². The molecule has 0 aliphatic carbocycles. The molecule has 0 aromatic heterocycles. The summed E-state index contributed by atoms with van der Waals surface area (Å²) in [6.45, 7) is 4.79. The van der Waals surface area contributed by atoms with Crippen molar-refractivity contribution in [3.05, 3.63) is 54.1 Å². The van der Waals surface area contributed by atoms with Crippen LogP contribution in [0.1, 0.15) is 19.4 Å². The fraction of sp³-hybridized carbons (Fsp3) is 0.250. The number of anilines is 1. The molecular formula is C16H21N3O2. The van der Waals surface area contributed by atoms with Gasteiger partial charge in [0.05, 0.1) is 0 Å². The van der Waals surface area contributed by atoms with E-state index in [-0.39, 0.29) is 11.9 Å². The highest BCUT2D eigenvalue weighted by molar-refractivity contribution is 5.99. The van der Waals surface area contributed by atoms with Gasteiger partial charge in [-0.15, -0.1) is 0 Å². The van der Waals surface area contributed by atoms with Gasteiger partial charge < -0.3 is 16.0 Å². The van der Waals surface area contributed by atoms with Crippen molar-refractivity contribution in [2.75, 3.05) is 11.9 Å². The number of allylic oxidation sites excluding steroid dienone is 3. The van der Waals surface area contributed by atoms with Crippen LogP contribution in [-0.2, 0) is 11.3 Å². The molecule has 1 aromatic carbocycles. The molecule has 0 aliphatic rings. The Kier molecular flexibility index (Phi) is 7.35. The minimum atomic E-state index is -0.191. The maximum absolute atomic E-state index is 11.6. The third kappa shape index (κ3) is 6.96. The largest absolute Gasteiger partial charge is 0.338 e. The minimum Gasteiger partial charge on any atom is -0.338 e. The SMILES string of the molecule is CC=CC=CC(=O)Nc1ccc(CNC(=O)NCC)cc1. The Morgan fingerprint density at radius 3 is 2.43 bits per heavy atom. The number of benzene rings is 1. The van der Waals surface area contributed by atoms with E-state index in [1.165, 1.54) is 6.08 Å². The maximum atomic E-state index is 11.6. The van der Waals surface area contributed by atoms with E-state index in [9.17, 15) is 9.59 Å². The standard InChI is InChI=1S/C16H21N3O2/c1-3-5-6-7-15(20)19-14-10-8-13(9-11-14)12-18-16(21)17-4-2/h3,5-11H,4,12H2,1-2H3,(H,19,20)(H2,17,18,21). The van der Waals surface area contributed by atoms with Crippen LogP contribution in [0.15, 0.2) is 48.6 Å². The number of carbonyl (C=O) groups excluding carboxylic acids is 2. The van der Waals surface area contributed by atoms with Crippen LogP contribution in [0.4, 0.5) is 10.5 Å². The Bertz CT molecular complexity index is 519. The first-order valence-corrected chi connectivity index (χ1v) is 6.86. The van der Waals surface area contributed by atoms with Crippen molar-refractivity contribution < 1.29 is 9.59 Å². The average molecular weight is 287 g/mol. The molecule has 0 radical (unpaired) electrons. The number of nitrogens with one attached hydrogen (secondary N) is 3. The normalized spacial score (nSPS) is 10.8. The van der Waals surface area contributed by atoms with Gasteiger partial charge in [-0.1, -0.05) is 30.4 Å². The molecule has 5 nitrogen and oxygen atoms in total. The van der Waals surface area contributed by atoms with Crippen LogP contribution in [0.25, 0.3) is 0 Å². The van der Waals surface area contributed by atoms with E-state index in [0.717, 1.165) is 5.56 Å². The molecule has 1 aromatic rings. The van der Waals surface area contributed by atoms with E-state index in [0.29, 0.717) is 18.8 Å². The van der Waals surface area contributed by atoms with Crippen molar-refractivity contribution in [1.29, 1.82) is 0 Å². The molecule has 21 heavy (non-hydrogen) atoms. The Labute approximate surface area is 125 Å². The van der Waals surface area contributed by atoms with E-state index in [1.54, 1.807) is 24.3 Å². The zero-order valence-corrected chi connectivity index (χ0v) is 12.3. The number of amides is 3. The van der Waals surface area contributed by atoms with Crippen molar-refractivity contribution >= 4 is 17.6 Å². The van der Waals surface area contributed by atoms with Crippen molar-refractivity contribution in [1.82, 2.24) is 10.6 Å². The molecule has 1 rings (SSSR count). The Balaban J connectivity index is 2.46. The fourth-order valence-electron chi connectivity index (χ4n) is 1.55. The lowest BCUT2D eigenvalue weighted by atomic mass is 10.2. The molecule has 0 aliphatic heterocycles. The van der Waals surface area contributed by atoms with Gasteiger partial charge in [0, 0.05) is 24.9 Å². The summed E-state index contributed by atoms with van der Waals surface area (Å²) < 4.78 is 0.